The number of hydrogen-bond acceptors (Lipinski definition) is 4. The monoisotopic (exact) mass is 334 g/mol. The first kappa shape index (κ1) is 16.3. The van der Waals surface area contributed by atoms with Crippen molar-refractivity contribution in [2.45, 2.75) is 38.1 Å². The second-order valence-corrected chi connectivity index (χ2v) is 8.04. The Labute approximate surface area is 144 Å². The summed E-state index contributed by atoms with van der Waals surface area (Å²) < 4.78 is 0. The summed E-state index contributed by atoms with van der Waals surface area (Å²) >= 11 is 0. The Hall–Kier alpha value is -1.14. The van der Waals surface area contributed by atoms with Crippen molar-refractivity contribution in [3.8, 4) is 0 Å². The highest BCUT2D eigenvalue weighted by atomic mass is 16.2. The maximum Gasteiger partial charge on any atom is 0.241 e. The molecule has 4 saturated heterocycles. The Kier molecular flexibility index (Phi) is 4.77. The standard InChI is InChI=1S/C18H30N4O2/c23-17(19-9-18(24)21-6-3-4-7-21)13-20-10-14-11-22-8-2-1-5-16(22)15(14)12-20/h14-16H,1-13H2,(H,19,23)/t14-,15+,16+/m1/s1. The van der Waals surface area contributed by atoms with E-state index in [1.54, 1.807) is 0 Å². The second-order valence-electron chi connectivity index (χ2n) is 8.04. The molecular formula is C18H30N4O2. The molecule has 0 radical (unpaired) electrons. The topological polar surface area (TPSA) is 55.9 Å². The van der Waals surface area contributed by atoms with E-state index in [1.165, 1.54) is 32.4 Å². The quantitative estimate of drug-likeness (QED) is 0.795. The van der Waals surface area contributed by atoms with Gasteiger partial charge in [-0.2, -0.15) is 0 Å². The van der Waals surface area contributed by atoms with Crippen LogP contribution in [0.5, 0.6) is 0 Å². The fraction of sp³-hybridized carbons (Fsp3) is 0.889. The Balaban J connectivity index is 1.21. The number of carbonyl (C=O) groups is 2. The van der Waals surface area contributed by atoms with E-state index in [0.717, 1.165) is 56.9 Å². The van der Waals surface area contributed by atoms with Gasteiger partial charge in [-0.1, -0.05) is 6.42 Å². The number of amides is 2. The van der Waals surface area contributed by atoms with Crippen molar-refractivity contribution in [1.82, 2.24) is 20.0 Å². The summed E-state index contributed by atoms with van der Waals surface area (Å²) in [7, 11) is 0. The summed E-state index contributed by atoms with van der Waals surface area (Å²) in [4.78, 5) is 31.0. The smallest absolute Gasteiger partial charge is 0.241 e. The van der Waals surface area contributed by atoms with E-state index in [0.29, 0.717) is 6.54 Å². The minimum Gasteiger partial charge on any atom is -0.346 e. The van der Waals surface area contributed by atoms with E-state index in [2.05, 4.69) is 15.1 Å². The van der Waals surface area contributed by atoms with Gasteiger partial charge in [-0.15, -0.1) is 0 Å². The first-order valence-electron chi connectivity index (χ1n) is 9.71. The van der Waals surface area contributed by atoms with Gasteiger partial charge in [-0.3, -0.25) is 19.4 Å². The molecule has 1 N–H and O–H groups in total. The summed E-state index contributed by atoms with van der Waals surface area (Å²) in [6.45, 7) is 6.91. The maximum absolute atomic E-state index is 12.2. The van der Waals surface area contributed by atoms with Crippen molar-refractivity contribution in [3.05, 3.63) is 0 Å². The van der Waals surface area contributed by atoms with E-state index in [4.69, 9.17) is 0 Å². The van der Waals surface area contributed by atoms with Crippen molar-refractivity contribution < 1.29 is 9.59 Å². The molecule has 0 saturated carbocycles. The van der Waals surface area contributed by atoms with Gasteiger partial charge in [0.25, 0.3) is 0 Å². The largest absolute Gasteiger partial charge is 0.346 e. The number of likely N-dealkylation sites (tertiary alicyclic amines) is 2. The lowest BCUT2D eigenvalue weighted by atomic mass is 9.90. The molecule has 0 aromatic carbocycles. The van der Waals surface area contributed by atoms with Crippen LogP contribution in [-0.4, -0.2) is 84.9 Å². The highest BCUT2D eigenvalue weighted by Gasteiger charge is 2.47. The number of piperidine rings is 1. The van der Waals surface area contributed by atoms with Crippen LogP contribution in [0.15, 0.2) is 0 Å². The van der Waals surface area contributed by atoms with Gasteiger partial charge < -0.3 is 10.2 Å². The average molecular weight is 334 g/mol. The molecule has 0 spiro atoms. The maximum atomic E-state index is 12.2. The normalized spacial score (nSPS) is 33.5. The molecule has 6 heteroatoms. The van der Waals surface area contributed by atoms with Gasteiger partial charge in [-0.05, 0) is 44.1 Å². The third-order valence-corrected chi connectivity index (χ3v) is 6.46. The van der Waals surface area contributed by atoms with Crippen molar-refractivity contribution in [2.24, 2.45) is 11.8 Å². The molecule has 24 heavy (non-hydrogen) atoms. The molecule has 4 rings (SSSR count). The Morgan fingerprint density at radius 2 is 1.75 bits per heavy atom. The summed E-state index contributed by atoms with van der Waals surface area (Å²) in [6.07, 6.45) is 6.24. The third kappa shape index (κ3) is 3.31. The molecule has 0 aliphatic carbocycles. The first-order valence-corrected chi connectivity index (χ1v) is 9.71. The van der Waals surface area contributed by atoms with Crippen molar-refractivity contribution in [2.75, 3.05) is 52.4 Å². The summed E-state index contributed by atoms with van der Waals surface area (Å²) in [5.74, 6) is 1.57. The number of hydrogen-bond donors (Lipinski definition) is 1. The van der Waals surface area contributed by atoms with E-state index >= 15 is 0 Å². The number of carbonyl (C=O) groups excluding carboxylic acids is 2. The highest BCUT2D eigenvalue weighted by Crippen LogP contribution is 2.40. The summed E-state index contributed by atoms with van der Waals surface area (Å²) in [6, 6.07) is 0.758. The van der Waals surface area contributed by atoms with E-state index in [9.17, 15) is 9.59 Å². The van der Waals surface area contributed by atoms with Crippen LogP contribution < -0.4 is 5.32 Å². The van der Waals surface area contributed by atoms with Crippen molar-refractivity contribution in [1.29, 1.82) is 0 Å². The van der Waals surface area contributed by atoms with E-state index < -0.39 is 0 Å². The molecule has 4 heterocycles. The van der Waals surface area contributed by atoms with Crippen LogP contribution in [0.25, 0.3) is 0 Å². The number of fused-ring (bicyclic) bond motifs is 3. The van der Waals surface area contributed by atoms with Gasteiger partial charge in [0.15, 0.2) is 0 Å². The molecule has 2 amide bonds. The highest BCUT2D eigenvalue weighted by molar-refractivity contribution is 5.85. The van der Waals surface area contributed by atoms with Gasteiger partial charge in [0.05, 0.1) is 13.1 Å². The molecule has 4 aliphatic rings. The van der Waals surface area contributed by atoms with Crippen LogP contribution in [0.2, 0.25) is 0 Å². The van der Waals surface area contributed by atoms with Crippen LogP contribution in [0.3, 0.4) is 0 Å². The summed E-state index contributed by atoms with van der Waals surface area (Å²) in [5, 5.41) is 2.83. The fourth-order valence-electron chi connectivity index (χ4n) is 5.29. The summed E-state index contributed by atoms with van der Waals surface area (Å²) in [5.41, 5.74) is 0. The van der Waals surface area contributed by atoms with Crippen molar-refractivity contribution in [3.63, 3.8) is 0 Å². The lowest BCUT2D eigenvalue weighted by Crippen LogP contribution is -2.44. The predicted molar refractivity (Wildman–Crippen MR) is 91.5 cm³/mol. The molecule has 6 nitrogen and oxygen atoms in total. The van der Waals surface area contributed by atoms with Gasteiger partial charge in [0.2, 0.25) is 11.8 Å². The molecule has 0 aromatic heterocycles. The third-order valence-electron chi connectivity index (χ3n) is 6.46. The molecular weight excluding hydrogens is 304 g/mol. The molecule has 4 aliphatic heterocycles. The zero-order valence-corrected chi connectivity index (χ0v) is 14.6. The fourth-order valence-corrected chi connectivity index (χ4v) is 5.29. The minimum absolute atomic E-state index is 0.00280. The van der Waals surface area contributed by atoms with Gasteiger partial charge >= 0.3 is 0 Å². The average Bonchev–Trinajstić information content (AvgIpc) is 3.28. The number of rotatable bonds is 4. The van der Waals surface area contributed by atoms with Gasteiger partial charge in [0, 0.05) is 38.8 Å². The number of nitrogens with one attached hydrogen (secondary N) is 1. The van der Waals surface area contributed by atoms with Gasteiger partial charge in [0.1, 0.15) is 0 Å². The van der Waals surface area contributed by atoms with Crippen LogP contribution in [0, 0.1) is 11.8 Å². The molecule has 3 atom stereocenters. The Bertz CT molecular complexity index is 491. The van der Waals surface area contributed by atoms with Crippen LogP contribution >= 0.6 is 0 Å². The van der Waals surface area contributed by atoms with E-state index in [-0.39, 0.29) is 18.4 Å². The Morgan fingerprint density at radius 1 is 0.958 bits per heavy atom. The lowest BCUT2D eigenvalue weighted by molar-refractivity contribution is -0.132. The SMILES string of the molecule is O=C(CN1C[C@@H]2CN3CCCC[C@H]3[C@H]2C1)NCC(=O)N1CCCC1. The second kappa shape index (κ2) is 7.00. The Morgan fingerprint density at radius 3 is 2.58 bits per heavy atom. The van der Waals surface area contributed by atoms with E-state index in [1.807, 2.05) is 4.90 Å². The number of nitrogens with zero attached hydrogens (tertiary/aromatic N) is 3. The first-order chi connectivity index (χ1) is 11.7. The van der Waals surface area contributed by atoms with Crippen LogP contribution in [0.4, 0.5) is 0 Å². The van der Waals surface area contributed by atoms with Crippen molar-refractivity contribution >= 4 is 11.8 Å². The van der Waals surface area contributed by atoms with Gasteiger partial charge in [-0.25, -0.2) is 0 Å². The van der Waals surface area contributed by atoms with Crippen LogP contribution in [0.1, 0.15) is 32.1 Å². The molecule has 4 fully saturated rings. The van der Waals surface area contributed by atoms with Crippen LogP contribution in [-0.2, 0) is 9.59 Å². The predicted octanol–water partition coefficient (Wildman–Crippen LogP) is 0.141. The molecule has 0 bridgehead atoms. The minimum atomic E-state index is 0.00280. The lowest BCUT2D eigenvalue weighted by Gasteiger charge is -2.33. The zero-order chi connectivity index (χ0) is 16.5. The molecule has 0 aromatic rings. The molecule has 134 valence electrons. The zero-order valence-electron chi connectivity index (χ0n) is 14.6. The molecule has 0 unspecified atom stereocenters.